The van der Waals surface area contributed by atoms with Gasteiger partial charge in [0.2, 0.25) is 15.9 Å². The van der Waals surface area contributed by atoms with Gasteiger partial charge in [0.1, 0.15) is 18.4 Å². The molecule has 1 aliphatic heterocycles. The van der Waals surface area contributed by atoms with E-state index in [0.717, 1.165) is 24.8 Å². The highest BCUT2D eigenvalue weighted by atomic mass is 32.2. The molecule has 0 bridgehead atoms. The van der Waals surface area contributed by atoms with Gasteiger partial charge in [0.25, 0.3) is 0 Å². The molecule has 1 heterocycles. The van der Waals surface area contributed by atoms with Crippen molar-refractivity contribution >= 4 is 15.9 Å². The van der Waals surface area contributed by atoms with Gasteiger partial charge in [-0.25, -0.2) is 8.42 Å². The third-order valence-electron chi connectivity index (χ3n) is 3.98. The topological polar surface area (TPSA) is 66.9 Å². The predicted octanol–water partition coefficient (Wildman–Crippen LogP) is 1.34. The molecule has 0 spiro atoms. The van der Waals surface area contributed by atoms with E-state index in [-0.39, 0.29) is 5.91 Å². The summed E-state index contributed by atoms with van der Waals surface area (Å²) in [5, 5.41) is 0. The van der Waals surface area contributed by atoms with E-state index >= 15 is 0 Å². The van der Waals surface area contributed by atoms with Gasteiger partial charge in [0.15, 0.2) is 0 Å². The summed E-state index contributed by atoms with van der Waals surface area (Å²) in [6.07, 6.45) is 3.42. The molecule has 1 aromatic rings. The van der Waals surface area contributed by atoms with E-state index < -0.39 is 16.1 Å². The number of hydrogen-bond donors (Lipinski definition) is 0. The van der Waals surface area contributed by atoms with Crippen molar-refractivity contribution in [2.45, 2.75) is 25.3 Å². The molecule has 7 heteroatoms. The number of benzene rings is 1. The standard InChI is InChI=1S/C16H24N2O4S/c1-17(12-13-22-14-8-4-3-5-9-14)16(19)15-10-6-7-11-18(15)23(2,20)21/h3-5,8-9,15H,6-7,10-13H2,1-2H3/t15-/m1/s1. The van der Waals surface area contributed by atoms with Crippen LogP contribution in [0.5, 0.6) is 5.75 Å². The number of carbonyl (C=O) groups is 1. The van der Waals surface area contributed by atoms with Crippen LogP contribution in [0.2, 0.25) is 0 Å². The summed E-state index contributed by atoms with van der Waals surface area (Å²) in [7, 11) is -1.68. The Bertz CT molecular complexity index is 618. The minimum Gasteiger partial charge on any atom is -0.492 e. The lowest BCUT2D eigenvalue weighted by Crippen LogP contribution is -2.52. The average Bonchev–Trinajstić information content (AvgIpc) is 2.54. The van der Waals surface area contributed by atoms with Crippen LogP contribution in [0, 0.1) is 0 Å². The van der Waals surface area contributed by atoms with Gasteiger partial charge in [-0.15, -0.1) is 0 Å². The minimum atomic E-state index is -3.36. The number of nitrogens with zero attached hydrogens (tertiary/aromatic N) is 2. The molecule has 0 radical (unpaired) electrons. The molecule has 1 aliphatic rings. The van der Waals surface area contributed by atoms with Crippen LogP contribution in [-0.2, 0) is 14.8 Å². The fourth-order valence-corrected chi connectivity index (χ4v) is 3.85. The molecule has 6 nitrogen and oxygen atoms in total. The van der Waals surface area contributed by atoms with Gasteiger partial charge in [-0.2, -0.15) is 4.31 Å². The second-order valence-electron chi connectivity index (χ2n) is 5.81. The molecule has 0 aliphatic carbocycles. The third-order valence-corrected chi connectivity index (χ3v) is 5.27. The van der Waals surface area contributed by atoms with Crippen LogP contribution in [0.3, 0.4) is 0 Å². The van der Waals surface area contributed by atoms with Crippen LogP contribution in [0.1, 0.15) is 19.3 Å². The first-order valence-corrected chi connectivity index (χ1v) is 9.64. The summed E-state index contributed by atoms with van der Waals surface area (Å²) < 4.78 is 30.6. The maximum absolute atomic E-state index is 12.6. The summed E-state index contributed by atoms with van der Waals surface area (Å²) in [5.41, 5.74) is 0. The van der Waals surface area contributed by atoms with Crippen molar-refractivity contribution in [2.24, 2.45) is 0 Å². The third kappa shape index (κ3) is 4.94. The van der Waals surface area contributed by atoms with Crippen LogP contribution in [0.25, 0.3) is 0 Å². The molecule has 1 atom stereocenters. The molecule has 2 rings (SSSR count). The lowest BCUT2D eigenvalue weighted by atomic mass is 10.0. The number of piperidine rings is 1. The Hall–Kier alpha value is -1.60. The minimum absolute atomic E-state index is 0.160. The fraction of sp³-hybridized carbons (Fsp3) is 0.562. The van der Waals surface area contributed by atoms with Crippen molar-refractivity contribution < 1.29 is 17.9 Å². The second kappa shape index (κ2) is 7.79. The quantitative estimate of drug-likeness (QED) is 0.784. The molecule has 23 heavy (non-hydrogen) atoms. The first-order valence-electron chi connectivity index (χ1n) is 7.79. The number of ether oxygens (including phenoxy) is 1. The molecule has 1 amide bonds. The zero-order chi connectivity index (χ0) is 16.9. The zero-order valence-electron chi connectivity index (χ0n) is 13.6. The molecular formula is C16H24N2O4S. The van der Waals surface area contributed by atoms with E-state index in [0.29, 0.717) is 26.1 Å². The van der Waals surface area contributed by atoms with E-state index in [1.807, 2.05) is 30.3 Å². The highest BCUT2D eigenvalue weighted by Crippen LogP contribution is 2.21. The predicted molar refractivity (Wildman–Crippen MR) is 88.8 cm³/mol. The molecule has 1 fully saturated rings. The summed E-state index contributed by atoms with van der Waals surface area (Å²) >= 11 is 0. The number of hydrogen-bond acceptors (Lipinski definition) is 4. The molecule has 128 valence electrons. The zero-order valence-corrected chi connectivity index (χ0v) is 14.5. The van der Waals surface area contributed by atoms with Crippen LogP contribution >= 0.6 is 0 Å². The van der Waals surface area contributed by atoms with Gasteiger partial charge in [-0.3, -0.25) is 4.79 Å². The Kier molecular flexibility index (Phi) is 6.01. The van der Waals surface area contributed by atoms with Crippen molar-refractivity contribution in [3.05, 3.63) is 30.3 Å². The molecule has 1 saturated heterocycles. The normalized spacial score (nSPS) is 19.3. The van der Waals surface area contributed by atoms with E-state index in [1.54, 1.807) is 11.9 Å². The summed E-state index contributed by atoms with van der Waals surface area (Å²) in [6, 6.07) is 8.81. The fourth-order valence-electron chi connectivity index (χ4n) is 2.73. The van der Waals surface area contributed by atoms with Crippen molar-refractivity contribution in [1.29, 1.82) is 0 Å². The van der Waals surface area contributed by atoms with Crippen molar-refractivity contribution in [3.63, 3.8) is 0 Å². The number of carbonyl (C=O) groups excluding carboxylic acids is 1. The molecule has 0 unspecified atom stereocenters. The Morgan fingerprint density at radius 1 is 1.30 bits per heavy atom. The van der Waals surface area contributed by atoms with Crippen molar-refractivity contribution in [3.8, 4) is 5.75 Å². The number of sulfonamides is 1. The Morgan fingerprint density at radius 2 is 2.00 bits per heavy atom. The maximum Gasteiger partial charge on any atom is 0.240 e. The molecule has 1 aromatic carbocycles. The Balaban J connectivity index is 1.90. The van der Waals surface area contributed by atoms with Crippen LogP contribution in [-0.4, -0.2) is 62.6 Å². The van der Waals surface area contributed by atoms with E-state index in [1.165, 1.54) is 4.31 Å². The van der Waals surface area contributed by atoms with Crippen molar-refractivity contribution in [2.75, 3.05) is 33.0 Å². The van der Waals surface area contributed by atoms with E-state index in [4.69, 9.17) is 4.74 Å². The second-order valence-corrected chi connectivity index (χ2v) is 7.74. The maximum atomic E-state index is 12.6. The largest absolute Gasteiger partial charge is 0.492 e. The number of amides is 1. The van der Waals surface area contributed by atoms with E-state index in [2.05, 4.69) is 0 Å². The first kappa shape index (κ1) is 17.7. The summed E-state index contributed by atoms with van der Waals surface area (Å²) in [4.78, 5) is 14.1. The molecule has 0 N–H and O–H groups in total. The van der Waals surface area contributed by atoms with Crippen LogP contribution < -0.4 is 4.74 Å². The van der Waals surface area contributed by atoms with Crippen LogP contribution in [0.15, 0.2) is 30.3 Å². The first-order chi connectivity index (χ1) is 10.9. The highest BCUT2D eigenvalue weighted by Gasteiger charge is 2.35. The lowest BCUT2D eigenvalue weighted by Gasteiger charge is -2.34. The van der Waals surface area contributed by atoms with Crippen LogP contribution in [0.4, 0.5) is 0 Å². The Morgan fingerprint density at radius 3 is 2.65 bits per heavy atom. The van der Waals surface area contributed by atoms with Gasteiger partial charge in [0.05, 0.1) is 12.8 Å². The van der Waals surface area contributed by atoms with Gasteiger partial charge in [-0.05, 0) is 25.0 Å². The SMILES string of the molecule is CN(CCOc1ccccc1)C(=O)[C@H]1CCCCN1S(C)(=O)=O. The molecule has 0 saturated carbocycles. The number of likely N-dealkylation sites (N-methyl/N-ethyl adjacent to an activating group) is 1. The monoisotopic (exact) mass is 340 g/mol. The smallest absolute Gasteiger partial charge is 0.240 e. The van der Waals surface area contributed by atoms with Gasteiger partial charge < -0.3 is 9.64 Å². The lowest BCUT2D eigenvalue weighted by molar-refractivity contribution is -0.135. The number of rotatable bonds is 6. The van der Waals surface area contributed by atoms with Gasteiger partial charge in [-0.1, -0.05) is 24.6 Å². The summed E-state index contributed by atoms with van der Waals surface area (Å²) in [6.45, 7) is 1.21. The van der Waals surface area contributed by atoms with Gasteiger partial charge >= 0.3 is 0 Å². The molecular weight excluding hydrogens is 316 g/mol. The van der Waals surface area contributed by atoms with Gasteiger partial charge in [0, 0.05) is 13.6 Å². The average molecular weight is 340 g/mol. The Labute approximate surface area is 138 Å². The molecule has 0 aromatic heterocycles. The van der Waals surface area contributed by atoms with Crippen molar-refractivity contribution in [1.82, 2.24) is 9.21 Å². The highest BCUT2D eigenvalue weighted by molar-refractivity contribution is 7.88. The van der Waals surface area contributed by atoms with E-state index in [9.17, 15) is 13.2 Å². The number of para-hydroxylation sites is 1. The summed E-state index contributed by atoms with van der Waals surface area (Å²) in [5.74, 6) is 0.593.